The second-order valence-electron chi connectivity index (χ2n) is 7.17. The van der Waals surface area contributed by atoms with E-state index in [1.165, 1.54) is 56.9 Å². The van der Waals surface area contributed by atoms with Crippen molar-refractivity contribution < 1.29 is 23.2 Å². The number of allylic oxidation sites excluding steroid dienone is 8. The molecule has 27 heavy (non-hydrogen) atoms. The molecule has 0 fully saturated rings. The van der Waals surface area contributed by atoms with Gasteiger partial charge in [-0.2, -0.15) is 0 Å². The van der Waals surface area contributed by atoms with Gasteiger partial charge in [0.05, 0.1) is 0 Å². The molecule has 0 N–H and O–H groups in total. The van der Waals surface area contributed by atoms with E-state index in [2.05, 4.69) is 38.2 Å². The Balaban J connectivity index is 0.000000273. The molecule has 2 aliphatic carbocycles. The van der Waals surface area contributed by atoms with Crippen LogP contribution in [0.25, 0.3) is 0 Å². The molecule has 0 amide bonds. The molecule has 0 aromatic heterocycles. The first-order valence-electron chi connectivity index (χ1n) is 10.4. The van der Waals surface area contributed by atoms with Crippen molar-refractivity contribution >= 4 is 11.6 Å². The van der Waals surface area contributed by atoms with E-state index in [1.54, 1.807) is 11.1 Å². The van der Waals surface area contributed by atoms with Gasteiger partial charge >= 0.3 is 130 Å². The van der Waals surface area contributed by atoms with Crippen LogP contribution in [0.5, 0.6) is 0 Å². The van der Waals surface area contributed by atoms with Crippen LogP contribution in [-0.2, 0) is 29.1 Å². The van der Waals surface area contributed by atoms with Crippen molar-refractivity contribution in [3.05, 3.63) is 77.9 Å². The van der Waals surface area contributed by atoms with E-state index in [4.69, 9.17) is 11.6 Å². The fourth-order valence-electron chi connectivity index (χ4n) is 3.32. The molecule has 0 saturated carbocycles. The van der Waals surface area contributed by atoms with E-state index in [1.807, 2.05) is 36.9 Å². The summed E-state index contributed by atoms with van der Waals surface area (Å²) in [5.74, 6) is 0.612. The third-order valence-electron chi connectivity index (χ3n) is 4.96. The summed E-state index contributed by atoms with van der Waals surface area (Å²) in [5.41, 5.74) is 4.60. The van der Waals surface area contributed by atoms with Gasteiger partial charge in [-0.25, -0.2) is 0 Å². The maximum Gasteiger partial charge on any atom is 0.0474 e. The summed E-state index contributed by atoms with van der Waals surface area (Å²) in [7, 11) is 0. The summed E-state index contributed by atoms with van der Waals surface area (Å²) in [4.78, 5) is 0. The molecule has 1 aromatic carbocycles. The molecule has 3 rings (SSSR count). The van der Waals surface area contributed by atoms with Crippen molar-refractivity contribution in [2.75, 3.05) is 0 Å². The third kappa shape index (κ3) is 8.09. The second-order valence-corrected chi connectivity index (χ2v) is 11.0. The minimum Gasteiger partial charge on any atom is -0.122 e. The average molecular weight is 460 g/mol. The van der Waals surface area contributed by atoms with Gasteiger partial charge in [0.2, 0.25) is 0 Å². The maximum atomic E-state index is 5.53. The van der Waals surface area contributed by atoms with Crippen LogP contribution in [0.15, 0.2) is 72.3 Å². The molecule has 144 valence electrons. The Labute approximate surface area is 183 Å². The van der Waals surface area contributed by atoms with Gasteiger partial charge in [-0.05, 0) is 5.56 Å². The standard InChI is InChI=1S/2C9H13.C7H7Cl.Zr/c2*1-2-3-6-9-7-4-5-8-9;8-6-7-4-2-1-3-5-7;/h2*4,7H,2-3,5-6H2,1H3;1-5H,6H2;. The summed E-state index contributed by atoms with van der Waals surface area (Å²) < 4.78 is 3.73. The number of unbranched alkanes of at least 4 members (excludes halogenated alkanes) is 2. The van der Waals surface area contributed by atoms with Crippen molar-refractivity contribution in [1.29, 1.82) is 0 Å². The van der Waals surface area contributed by atoms with Crippen molar-refractivity contribution in [2.45, 2.75) is 71.1 Å². The molecule has 0 atom stereocenters. The first-order chi connectivity index (χ1) is 13.3. The van der Waals surface area contributed by atoms with Crippen molar-refractivity contribution in [1.82, 2.24) is 0 Å². The molecule has 0 heterocycles. The Morgan fingerprint density at radius 1 is 0.815 bits per heavy atom. The zero-order valence-electron chi connectivity index (χ0n) is 16.9. The van der Waals surface area contributed by atoms with E-state index in [9.17, 15) is 0 Å². The largest absolute Gasteiger partial charge is 0.122 e. The minimum atomic E-state index is -0.463. The smallest absolute Gasteiger partial charge is 0.0474 e. The number of alkyl halides is 1. The Morgan fingerprint density at radius 3 is 1.74 bits per heavy atom. The Bertz CT molecular complexity index is 640. The van der Waals surface area contributed by atoms with E-state index >= 15 is 0 Å². The van der Waals surface area contributed by atoms with E-state index < -0.39 is 23.2 Å². The Hall–Kier alpha value is -0.647. The minimum absolute atomic E-state index is 0.463. The summed E-state index contributed by atoms with van der Waals surface area (Å²) in [5, 5.41) is 0. The number of benzene rings is 1. The second kappa shape index (κ2) is 13.5. The van der Waals surface area contributed by atoms with Crippen molar-refractivity contribution in [3.63, 3.8) is 0 Å². The summed E-state index contributed by atoms with van der Waals surface area (Å²) in [6.07, 6.45) is 20.2. The molecule has 1 aromatic rings. The molecule has 0 radical (unpaired) electrons. The zero-order chi connectivity index (χ0) is 19.3. The normalized spacial score (nSPS) is 15.4. The summed E-state index contributed by atoms with van der Waals surface area (Å²) in [6, 6.07) is 9.96. The molecular weight excluding hydrogens is 427 g/mol. The van der Waals surface area contributed by atoms with Crippen LogP contribution in [-0.4, -0.2) is 0 Å². The predicted octanol–water partition coefficient (Wildman–Crippen LogP) is 8.30. The monoisotopic (exact) mass is 458 g/mol. The van der Waals surface area contributed by atoms with Gasteiger partial charge in [0.1, 0.15) is 0 Å². The zero-order valence-corrected chi connectivity index (χ0v) is 20.2. The van der Waals surface area contributed by atoms with E-state index in [-0.39, 0.29) is 0 Å². The molecular formula is C25H33ClZr. The number of halogens is 1. The predicted molar refractivity (Wildman–Crippen MR) is 117 cm³/mol. The Morgan fingerprint density at radius 2 is 1.33 bits per heavy atom. The van der Waals surface area contributed by atoms with Crippen LogP contribution in [0.3, 0.4) is 0 Å². The quantitative estimate of drug-likeness (QED) is 0.325. The van der Waals surface area contributed by atoms with Gasteiger partial charge in [0, 0.05) is 5.88 Å². The van der Waals surface area contributed by atoms with E-state index in [0.29, 0.717) is 5.88 Å². The fraction of sp³-hybridized carbons (Fsp3) is 0.440. The van der Waals surface area contributed by atoms with Crippen molar-refractivity contribution in [3.8, 4) is 0 Å². The maximum absolute atomic E-state index is 5.53. The van der Waals surface area contributed by atoms with Crippen LogP contribution >= 0.6 is 11.6 Å². The van der Waals surface area contributed by atoms with Crippen LogP contribution in [0, 0.1) is 0 Å². The molecule has 0 bridgehead atoms. The fourth-order valence-corrected chi connectivity index (χ4v) is 7.28. The van der Waals surface area contributed by atoms with Gasteiger partial charge in [0.15, 0.2) is 0 Å². The molecule has 2 heteroatoms. The van der Waals surface area contributed by atoms with Gasteiger partial charge in [-0.15, -0.1) is 11.6 Å². The van der Waals surface area contributed by atoms with Crippen LogP contribution in [0.1, 0.15) is 70.8 Å². The molecule has 0 unspecified atom stereocenters. The molecule has 0 saturated heterocycles. The Kier molecular flexibility index (Phi) is 11.3. The SMILES string of the molecule is CCCCC1=[C]([Zr][C]2=C(CCCC)C=CC2)CC=C1.ClCc1ccccc1. The first kappa shape index (κ1) is 22.6. The summed E-state index contributed by atoms with van der Waals surface area (Å²) in [6.45, 7) is 4.59. The topological polar surface area (TPSA) is 0 Å². The van der Waals surface area contributed by atoms with Gasteiger partial charge in [-0.1, -0.05) is 30.3 Å². The van der Waals surface area contributed by atoms with Crippen LogP contribution in [0.2, 0.25) is 0 Å². The van der Waals surface area contributed by atoms with Gasteiger partial charge < -0.3 is 0 Å². The van der Waals surface area contributed by atoms with Crippen LogP contribution in [0.4, 0.5) is 0 Å². The van der Waals surface area contributed by atoms with Gasteiger partial charge in [0.25, 0.3) is 0 Å². The molecule has 0 nitrogen and oxygen atoms in total. The average Bonchev–Trinajstić information content (AvgIpc) is 3.35. The molecule has 0 aliphatic heterocycles. The molecule has 2 aliphatic rings. The number of hydrogen-bond donors (Lipinski definition) is 0. The van der Waals surface area contributed by atoms with Crippen LogP contribution < -0.4 is 0 Å². The molecule has 0 spiro atoms. The van der Waals surface area contributed by atoms with Crippen molar-refractivity contribution in [2.24, 2.45) is 0 Å². The third-order valence-corrected chi connectivity index (χ3v) is 9.33. The number of rotatable bonds is 9. The summed E-state index contributed by atoms with van der Waals surface area (Å²) >= 11 is 5.06. The first-order valence-corrected chi connectivity index (χ1v) is 13.4. The van der Waals surface area contributed by atoms with Gasteiger partial charge in [-0.3, -0.25) is 0 Å². The number of hydrogen-bond acceptors (Lipinski definition) is 0. The van der Waals surface area contributed by atoms with E-state index in [0.717, 1.165) is 0 Å².